The highest BCUT2D eigenvalue weighted by atomic mass is 32.2. The third kappa shape index (κ3) is 2.24. The molecule has 1 fully saturated rings. The molecule has 1 saturated heterocycles. The first-order valence-electron chi connectivity index (χ1n) is 5.28. The van der Waals surface area contributed by atoms with Crippen molar-refractivity contribution in [1.29, 1.82) is 0 Å². The summed E-state index contributed by atoms with van der Waals surface area (Å²) in [5.74, 6) is 1.99. The van der Waals surface area contributed by atoms with Crippen LogP contribution in [0.4, 0.5) is 0 Å². The van der Waals surface area contributed by atoms with Crippen molar-refractivity contribution in [3.8, 4) is 0 Å². The first-order chi connectivity index (χ1) is 6.93. The van der Waals surface area contributed by atoms with Crippen molar-refractivity contribution in [1.82, 2.24) is 0 Å². The van der Waals surface area contributed by atoms with Crippen molar-refractivity contribution in [2.75, 3.05) is 11.5 Å². The lowest BCUT2D eigenvalue weighted by Gasteiger charge is -2.41. The van der Waals surface area contributed by atoms with E-state index in [1.165, 1.54) is 4.88 Å². The fraction of sp³-hybridized carbons (Fsp3) is 0.667. The lowest BCUT2D eigenvalue weighted by atomic mass is 9.78. The number of aryl methyl sites for hydroxylation is 1. The zero-order valence-corrected chi connectivity index (χ0v) is 11.2. The molecular formula is C12H18OS2. The third-order valence-electron chi connectivity index (χ3n) is 2.96. The molecule has 1 nitrogen and oxygen atoms in total. The Morgan fingerprint density at radius 2 is 2.07 bits per heavy atom. The fourth-order valence-corrected chi connectivity index (χ4v) is 4.58. The van der Waals surface area contributed by atoms with Gasteiger partial charge in [0.2, 0.25) is 0 Å². The van der Waals surface area contributed by atoms with E-state index in [-0.39, 0.29) is 5.41 Å². The maximum Gasteiger partial charge on any atom is 0.100 e. The summed E-state index contributed by atoms with van der Waals surface area (Å²) in [4.78, 5) is 1.26. The Kier molecular flexibility index (Phi) is 2.91. The highest BCUT2D eigenvalue weighted by molar-refractivity contribution is 7.99. The number of thioether (sulfide) groups is 1. The van der Waals surface area contributed by atoms with Gasteiger partial charge in [0, 0.05) is 10.6 Å². The maximum absolute atomic E-state index is 10.7. The van der Waals surface area contributed by atoms with E-state index < -0.39 is 5.60 Å². The van der Waals surface area contributed by atoms with Gasteiger partial charge in [0.05, 0.1) is 0 Å². The van der Waals surface area contributed by atoms with E-state index in [0.29, 0.717) is 0 Å². The van der Waals surface area contributed by atoms with Gasteiger partial charge in [-0.2, -0.15) is 11.8 Å². The van der Waals surface area contributed by atoms with Gasteiger partial charge in [-0.25, -0.2) is 0 Å². The molecule has 2 heterocycles. The molecule has 0 spiro atoms. The van der Waals surface area contributed by atoms with Crippen LogP contribution >= 0.6 is 23.1 Å². The van der Waals surface area contributed by atoms with E-state index in [9.17, 15) is 5.11 Å². The summed E-state index contributed by atoms with van der Waals surface area (Å²) < 4.78 is 0. The molecule has 0 radical (unpaired) electrons. The molecule has 84 valence electrons. The first-order valence-corrected chi connectivity index (χ1v) is 7.31. The topological polar surface area (TPSA) is 20.2 Å². The SMILES string of the molecule is Cc1sccc1C1(O)CSCC(C)(C)C1. The average Bonchev–Trinajstić information content (AvgIpc) is 2.49. The van der Waals surface area contributed by atoms with Crippen LogP contribution in [-0.4, -0.2) is 16.6 Å². The maximum atomic E-state index is 10.7. The first kappa shape index (κ1) is 11.5. The summed E-state index contributed by atoms with van der Waals surface area (Å²) in [6.45, 7) is 6.59. The van der Waals surface area contributed by atoms with Crippen molar-refractivity contribution in [2.45, 2.75) is 32.8 Å². The Labute approximate surface area is 99.9 Å². The van der Waals surface area contributed by atoms with E-state index in [1.54, 1.807) is 11.3 Å². The van der Waals surface area contributed by atoms with Crippen LogP contribution in [0.1, 0.15) is 30.7 Å². The summed E-state index contributed by atoms with van der Waals surface area (Å²) >= 11 is 3.60. The molecule has 1 aromatic rings. The Hall–Kier alpha value is 0.01000. The average molecular weight is 242 g/mol. The molecule has 1 N–H and O–H groups in total. The zero-order valence-electron chi connectivity index (χ0n) is 9.54. The Morgan fingerprint density at radius 3 is 2.60 bits per heavy atom. The second kappa shape index (κ2) is 3.79. The van der Waals surface area contributed by atoms with E-state index in [2.05, 4.69) is 32.2 Å². The molecule has 1 aliphatic heterocycles. The van der Waals surface area contributed by atoms with Crippen molar-refractivity contribution in [3.05, 3.63) is 21.9 Å². The lowest BCUT2D eigenvalue weighted by Crippen LogP contribution is -2.40. The predicted octanol–water partition coefficient (Wildman–Crippen LogP) is 3.41. The van der Waals surface area contributed by atoms with Crippen molar-refractivity contribution in [3.63, 3.8) is 0 Å². The monoisotopic (exact) mass is 242 g/mol. The van der Waals surface area contributed by atoms with Crippen LogP contribution in [0.3, 0.4) is 0 Å². The number of aliphatic hydroxyl groups is 1. The van der Waals surface area contributed by atoms with Crippen molar-refractivity contribution < 1.29 is 5.11 Å². The largest absolute Gasteiger partial charge is 0.384 e. The molecule has 0 saturated carbocycles. The summed E-state index contributed by atoms with van der Waals surface area (Å²) in [6.07, 6.45) is 0.880. The molecule has 0 aromatic carbocycles. The molecule has 1 aromatic heterocycles. The molecule has 1 aliphatic rings. The van der Waals surface area contributed by atoms with Gasteiger partial charge in [-0.15, -0.1) is 11.3 Å². The van der Waals surface area contributed by atoms with Gasteiger partial charge >= 0.3 is 0 Å². The highest BCUT2D eigenvalue weighted by Gasteiger charge is 2.41. The lowest BCUT2D eigenvalue weighted by molar-refractivity contribution is 0.0155. The van der Waals surface area contributed by atoms with Crippen LogP contribution in [0.2, 0.25) is 0 Å². The molecule has 0 amide bonds. The van der Waals surface area contributed by atoms with E-state index in [0.717, 1.165) is 23.5 Å². The summed E-state index contributed by atoms with van der Waals surface area (Å²) in [5.41, 5.74) is 0.788. The minimum Gasteiger partial charge on any atom is -0.384 e. The van der Waals surface area contributed by atoms with Crippen LogP contribution in [0, 0.1) is 12.3 Å². The van der Waals surface area contributed by atoms with Crippen LogP contribution in [0.5, 0.6) is 0 Å². The number of rotatable bonds is 1. The summed E-state index contributed by atoms with van der Waals surface area (Å²) in [7, 11) is 0. The normalized spacial score (nSPS) is 30.4. The van der Waals surface area contributed by atoms with Crippen molar-refractivity contribution >= 4 is 23.1 Å². The van der Waals surface area contributed by atoms with Gasteiger partial charge < -0.3 is 5.11 Å². The molecule has 1 atom stereocenters. The minimum atomic E-state index is -0.601. The van der Waals surface area contributed by atoms with Gasteiger partial charge in [0.15, 0.2) is 0 Å². The van der Waals surface area contributed by atoms with E-state index in [4.69, 9.17) is 0 Å². The summed E-state index contributed by atoms with van der Waals surface area (Å²) in [5, 5.41) is 12.8. The fourth-order valence-electron chi connectivity index (χ4n) is 2.43. The van der Waals surface area contributed by atoms with Gasteiger partial charge in [-0.05, 0) is 41.5 Å². The van der Waals surface area contributed by atoms with Gasteiger partial charge in [0.1, 0.15) is 5.60 Å². The second-order valence-corrected chi connectivity index (χ2v) is 7.36. The second-order valence-electron chi connectivity index (χ2n) is 5.26. The highest BCUT2D eigenvalue weighted by Crippen LogP contribution is 2.45. The minimum absolute atomic E-state index is 0.242. The third-order valence-corrected chi connectivity index (χ3v) is 5.48. The number of hydrogen-bond donors (Lipinski definition) is 1. The zero-order chi connectivity index (χ0) is 11.1. The molecule has 1 unspecified atom stereocenters. The van der Waals surface area contributed by atoms with Crippen molar-refractivity contribution in [2.24, 2.45) is 5.41 Å². The Morgan fingerprint density at radius 1 is 1.33 bits per heavy atom. The Bertz CT molecular complexity index is 356. The number of hydrogen-bond acceptors (Lipinski definition) is 3. The van der Waals surface area contributed by atoms with Crippen LogP contribution in [0.15, 0.2) is 11.4 Å². The quantitative estimate of drug-likeness (QED) is 0.814. The van der Waals surface area contributed by atoms with E-state index in [1.807, 2.05) is 11.8 Å². The molecular weight excluding hydrogens is 224 g/mol. The van der Waals surface area contributed by atoms with Gasteiger partial charge in [-0.3, -0.25) is 0 Å². The molecule has 3 heteroatoms. The Balaban J connectivity index is 2.31. The molecule has 15 heavy (non-hydrogen) atoms. The van der Waals surface area contributed by atoms with E-state index >= 15 is 0 Å². The molecule has 2 rings (SSSR count). The standard InChI is InChI=1S/C12H18OS2/c1-9-10(4-5-15-9)12(13)6-11(2,3)7-14-8-12/h4-5,13H,6-8H2,1-3H3. The van der Waals surface area contributed by atoms with Crippen LogP contribution in [0.25, 0.3) is 0 Å². The summed E-state index contributed by atoms with van der Waals surface area (Å²) in [6, 6.07) is 2.09. The number of thiophene rings is 1. The predicted molar refractivity (Wildman–Crippen MR) is 68.7 cm³/mol. The molecule has 0 aliphatic carbocycles. The van der Waals surface area contributed by atoms with Crippen LogP contribution < -0.4 is 0 Å². The smallest absolute Gasteiger partial charge is 0.100 e. The van der Waals surface area contributed by atoms with Crippen LogP contribution in [-0.2, 0) is 5.60 Å². The molecule has 0 bridgehead atoms. The van der Waals surface area contributed by atoms with Gasteiger partial charge in [0.25, 0.3) is 0 Å². The van der Waals surface area contributed by atoms with Gasteiger partial charge in [-0.1, -0.05) is 13.8 Å².